The third-order valence-corrected chi connectivity index (χ3v) is 2.05. The average Bonchev–Trinajstić information content (AvgIpc) is 2.46. The van der Waals surface area contributed by atoms with Gasteiger partial charge in [0.15, 0.2) is 0 Å². The number of carboxylic acids is 1. The van der Waals surface area contributed by atoms with E-state index in [2.05, 4.69) is 5.10 Å². The van der Waals surface area contributed by atoms with Gasteiger partial charge in [-0.1, -0.05) is 6.92 Å². The maximum Gasteiger partial charge on any atom is 0.309 e. The summed E-state index contributed by atoms with van der Waals surface area (Å²) in [4.78, 5) is 10.5. The molecule has 0 aliphatic heterocycles. The smallest absolute Gasteiger partial charge is 0.309 e. The van der Waals surface area contributed by atoms with Crippen LogP contribution in [0.25, 0.3) is 0 Å². The van der Waals surface area contributed by atoms with Gasteiger partial charge in [0.1, 0.15) is 0 Å². The molecule has 1 N–H and O–H groups in total. The van der Waals surface area contributed by atoms with Gasteiger partial charge in [-0.25, -0.2) is 0 Å². The van der Waals surface area contributed by atoms with Gasteiger partial charge in [0.2, 0.25) is 0 Å². The van der Waals surface area contributed by atoms with E-state index in [-0.39, 0.29) is 12.5 Å². The maximum absolute atomic E-state index is 10.5. The van der Waals surface area contributed by atoms with Crippen LogP contribution in [0, 0.1) is 0 Å². The lowest BCUT2D eigenvalue weighted by molar-refractivity contribution is -0.136. The molecule has 1 rings (SSSR count). The van der Waals surface area contributed by atoms with Crippen molar-refractivity contribution in [2.75, 3.05) is 0 Å². The fraction of sp³-hybridized carbons (Fsp3) is 0.600. The van der Waals surface area contributed by atoms with Gasteiger partial charge < -0.3 is 5.11 Å². The number of rotatable bonds is 4. The van der Waals surface area contributed by atoms with Crippen molar-refractivity contribution in [2.45, 2.75) is 39.7 Å². The van der Waals surface area contributed by atoms with Crippen LogP contribution in [0.15, 0.2) is 6.07 Å². The zero-order valence-electron chi connectivity index (χ0n) is 8.82. The summed E-state index contributed by atoms with van der Waals surface area (Å²) in [5, 5.41) is 12.9. The molecule has 0 atom stereocenters. The Labute approximate surface area is 83.5 Å². The highest BCUT2D eigenvalue weighted by molar-refractivity contribution is 5.69. The molecule has 0 fully saturated rings. The third kappa shape index (κ3) is 2.34. The van der Waals surface area contributed by atoms with Gasteiger partial charge in [-0.2, -0.15) is 5.10 Å². The first-order valence-corrected chi connectivity index (χ1v) is 4.83. The van der Waals surface area contributed by atoms with Gasteiger partial charge in [0.05, 0.1) is 12.1 Å². The first kappa shape index (κ1) is 10.8. The van der Waals surface area contributed by atoms with Crippen LogP contribution in [0.4, 0.5) is 0 Å². The Hall–Kier alpha value is -1.32. The second-order valence-electron chi connectivity index (χ2n) is 3.59. The molecule has 1 aromatic heterocycles. The van der Waals surface area contributed by atoms with Crippen molar-refractivity contribution >= 4 is 5.97 Å². The number of nitrogens with zero attached hydrogens (tertiary/aromatic N) is 2. The Bertz CT molecular complexity index is 329. The highest BCUT2D eigenvalue weighted by Crippen LogP contribution is 2.12. The van der Waals surface area contributed by atoms with Crippen molar-refractivity contribution in [2.24, 2.45) is 0 Å². The van der Waals surface area contributed by atoms with Crippen LogP contribution < -0.4 is 0 Å². The van der Waals surface area contributed by atoms with E-state index in [4.69, 9.17) is 5.11 Å². The van der Waals surface area contributed by atoms with E-state index in [0.29, 0.717) is 5.69 Å². The largest absolute Gasteiger partial charge is 0.481 e. The molecule has 0 saturated carbocycles. The van der Waals surface area contributed by atoms with Gasteiger partial charge in [0.25, 0.3) is 0 Å². The highest BCUT2D eigenvalue weighted by Gasteiger charge is 2.10. The van der Waals surface area contributed by atoms with Gasteiger partial charge in [-0.15, -0.1) is 0 Å². The summed E-state index contributed by atoms with van der Waals surface area (Å²) in [5.41, 5.74) is 1.74. The minimum absolute atomic E-state index is 0.00667. The van der Waals surface area contributed by atoms with Crippen LogP contribution in [0.5, 0.6) is 0 Å². The van der Waals surface area contributed by atoms with Crippen molar-refractivity contribution in [3.63, 3.8) is 0 Å². The molecule has 0 amide bonds. The molecular formula is C10H16N2O2. The normalized spacial score (nSPS) is 10.9. The monoisotopic (exact) mass is 196 g/mol. The molecule has 0 aromatic carbocycles. The van der Waals surface area contributed by atoms with Crippen LogP contribution in [-0.4, -0.2) is 20.9 Å². The second-order valence-corrected chi connectivity index (χ2v) is 3.59. The summed E-state index contributed by atoms with van der Waals surface area (Å²) in [5.74, 6) is -0.832. The van der Waals surface area contributed by atoms with E-state index in [1.165, 1.54) is 0 Å². The maximum atomic E-state index is 10.5. The van der Waals surface area contributed by atoms with E-state index in [1.807, 2.05) is 31.5 Å². The molecule has 0 aliphatic carbocycles. The quantitative estimate of drug-likeness (QED) is 0.796. The SMILES string of the molecule is CCc1cc(CC(=O)O)nn1C(C)C. The summed E-state index contributed by atoms with van der Waals surface area (Å²) in [6, 6.07) is 2.15. The molecule has 0 aliphatic rings. The number of carbonyl (C=O) groups is 1. The second kappa shape index (κ2) is 4.26. The first-order valence-electron chi connectivity index (χ1n) is 4.83. The van der Waals surface area contributed by atoms with Crippen molar-refractivity contribution < 1.29 is 9.90 Å². The lowest BCUT2D eigenvalue weighted by Crippen LogP contribution is -2.07. The van der Waals surface area contributed by atoms with E-state index in [1.54, 1.807) is 0 Å². The van der Waals surface area contributed by atoms with Crippen molar-refractivity contribution in [3.8, 4) is 0 Å². The van der Waals surface area contributed by atoms with Gasteiger partial charge in [0, 0.05) is 11.7 Å². The zero-order chi connectivity index (χ0) is 10.7. The van der Waals surface area contributed by atoms with Crippen LogP contribution in [0.3, 0.4) is 0 Å². The zero-order valence-corrected chi connectivity index (χ0v) is 8.82. The summed E-state index contributed by atoms with van der Waals surface area (Å²) in [6.45, 7) is 6.12. The van der Waals surface area contributed by atoms with Crippen LogP contribution in [-0.2, 0) is 17.6 Å². The molecule has 0 bridgehead atoms. The number of hydrogen-bond acceptors (Lipinski definition) is 2. The van der Waals surface area contributed by atoms with Crippen LogP contribution in [0.1, 0.15) is 38.2 Å². The lowest BCUT2D eigenvalue weighted by atomic mass is 10.2. The van der Waals surface area contributed by atoms with Crippen molar-refractivity contribution in [1.29, 1.82) is 0 Å². The molecule has 0 radical (unpaired) electrons. The number of carboxylic acid groups (broad SMARTS) is 1. The molecule has 1 heterocycles. The fourth-order valence-electron chi connectivity index (χ4n) is 1.44. The van der Waals surface area contributed by atoms with E-state index in [9.17, 15) is 4.79 Å². The predicted octanol–water partition coefficient (Wildman–Crippen LogP) is 1.65. The minimum Gasteiger partial charge on any atom is -0.481 e. The summed E-state index contributed by atoms with van der Waals surface area (Å²) in [7, 11) is 0. The molecule has 4 heteroatoms. The van der Waals surface area contributed by atoms with E-state index >= 15 is 0 Å². The standard InChI is InChI=1S/C10H16N2O2/c1-4-9-5-8(6-10(13)14)11-12(9)7(2)3/h5,7H,4,6H2,1-3H3,(H,13,14). The molecule has 0 unspecified atom stereocenters. The molecule has 1 aromatic rings. The minimum atomic E-state index is -0.832. The van der Waals surface area contributed by atoms with Gasteiger partial charge in [-0.3, -0.25) is 9.48 Å². The number of aromatic nitrogens is 2. The predicted molar refractivity (Wildman–Crippen MR) is 53.3 cm³/mol. The molecule has 78 valence electrons. The topological polar surface area (TPSA) is 55.1 Å². The third-order valence-electron chi connectivity index (χ3n) is 2.05. The van der Waals surface area contributed by atoms with Crippen molar-refractivity contribution in [3.05, 3.63) is 17.5 Å². The van der Waals surface area contributed by atoms with E-state index < -0.39 is 5.97 Å². The molecule has 0 saturated heterocycles. The first-order chi connectivity index (χ1) is 6.54. The Kier molecular flexibility index (Phi) is 3.28. The number of aliphatic carboxylic acids is 1. The van der Waals surface area contributed by atoms with Crippen LogP contribution in [0.2, 0.25) is 0 Å². The summed E-state index contributed by atoms with van der Waals surface area (Å²) >= 11 is 0. The van der Waals surface area contributed by atoms with E-state index in [0.717, 1.165) is 12.1 Å². The molecule has 4 nitrogen and oxygen atoms in total. The van der Waals surface area contributed by atoms with Crippen molar-refractivity contribution in [1.82, 2.24) is 9.78 Å². The Morgan fingerprint density at radius 1 is 1.64 bits per heavy atom. The molecule has 14 heavy (non-hydrogen) atoms. The molecular weight excluding hydrogens is 180 g/mol. The number of hydrogen-bond donors (Lipinski definition) is 1. The Morgan fingerprint density at radius 2 is 2.29 bits per heavy atom. The summed E-state index contributed by atoms with van der Waals surface area (Å²) < 4.78 is 1.89. The number of aryl methyl sites for hydroxylation is 1. The van der Waals surface area contributed by atoms with Gasteiger partial charge >= 0.3 is 5.97 Å². The fourth-order valence-corrected chi connectivity index (χ4v) is 1.44. The Morgan fingerprint density at radius 3 is 2.64 bits per heavy atom. The lowest BCUT2D eigenvalue weighted by Gasteiger charge is -2.08. The average molecular weight is 196 g/mol. The van der Waals surface area contributed by atoms with Crippen LogP contribution >= 0.6 is 0 Å². The summed E-state index contributed by atoms with van der Waals surface area (Å²) in [6.07, 6.45) is 0.886. The van der Waals surface area contributed by atoms with Gasteiger partial charge in [-0.05, 0) is 26.3 Å². The highest BCUT2D eigenvalue weighted by atomic mass is 16.4. The Balaban J connectivity index is 2.94. The molecule has 0 spiro atoms.